The molecule has 3 heteroatoms. The number of benzene rings is 1. The first-order chi connectivity index (χ1) is 7.54. The van der Waals surface area contributed by atoms with Crippen molar-refractivity contribution >= 4 is 0 Å². The second-order valence-corrected chi connectivity index (χ2v) is 4.30. The van der Waals surface area contributed by atoms with E-state index < -0.39 is 0 Å². The molecule has 0 spiro atoms. The minimum atomic E-state index is 0.283. The zero-order valence-corrected chi connectivity index (χ0v) is 10.5. The van der Waals surface area contributed by atoms with Crippen LogP contribution in [0.4, 0.5) is 0 Å². The van der Waals surface area contributed by atoms with E-state index in [-0.39, 0.29) is 6.04 Å². The molecule has 0 saturated carbocycles. The van der Waals surface area contributed by atoms with Gasteiger partial charge in [-0.15, -0.1) is 0 Å². The number of nitrogens with one attached hydrogen (secondary N) is 1. The van der Waals surface area contributed by atoms with E-state index in [9.17, 15) is 5.11 Å². The lowest BCUT2D eigenvalue weighted by molar-refractivity contribution is 0.171. The average molecular weight is 223 g/mol. The Kier molecular flexibility index (Phi) is 4.77. The van der Waals surface area contributed by atoms with Crippen LogP contribution in [0.15, 0.2) is 12.1 Å². The minimum absolute atomic E-state index is 0.283. The molecule has 0 aliphatic carbocycles. The lowest BCUT2D eigenvalue weighted by atomic mass is 10.0. The highest BCUT2D eigenvalue weighted by molar-refractivity contribution is 5.40. The predicted octanol–water partition coefficient (Wildman–Crippen LogP) is 2.13. The van der Waals surface area contributed by atoms with E-state index in [4.69, 9.17) is 4.74 Å². The third kappa shape index (κ3) is 3.51. The molecule has 0 radical (unpaired) electrons. The molecule has 1 aromatic carbocycles. The van der Waals surface area contributed by atoms with Crippen molar-refractivity contribution in [2.75, 3.05) is 13.7 Å². The Morgan fingerprint density at radius 3 is 2.56 bits per heavy atom. The number of phenols is 1. The Hall–Kier alpha value is -1.06. The fraction of sp³-hybridized carbons (Fsp3) is 0.538. The number of hydrogen-bond donors (Lipinski definition) is 2. The smallest absolute Gasteiger partial charge is 0.120 e. The summed E-state index contributed by atoms with van der Waals surface area (Å²) in [6, 6.07) is 4.12. The van der Waals surface area contributed by atoms with Crippen molar-refractivity contribution < 1.29 is 9.84 Å². The van der Waals surface area contributed by atoms with Crippen molar-refractivity contribution in [3.05, 3.63) is 28.8 Å². The number of ether oxygens (including phenoxy) is 1. The summed E-state index contributed by atoms with van der Waals surface area (Å²) in [6.45, 7) is 7.45. The van der Waals surface area contributed by atoms with Crippen LogP contribution in [0.2, 0.25) is 0 Å². The molecule has 0 aliphatic heterocycles. The minimum Gasteiger partial charge on any atom is -0.508 e. The van der Waals surface area contributed by atoms with Crippen LogP contribution < -0.4 is 5.32 Å². The van der Waals surface area contributed by atoms with Gasteiger partial charge >= 0.3 is 0 Å². The van der Waals surface area contributed by atoms with Crippen molar-refractivity contribution in [1.29, 1.82) is 0 Å². The van der Waals surface area contributed by atoms with Gasteiger partial charge in [0.2, 0.25) is 0 Å². The molecule has 90 valence electrons. The molecule has 0 amide bonds. The van der Waals surface area contributed by atoms with E-state index in [2.05, 4.69) is 19.2 Å². The van der Waals surface area contributed by atoms with Crippen molar-refractivity contribution in [2.24, 2.45) is 0 Å². The first-order valence-electron chi connectivity index (χ1n) is 5.56. The van der Waals surface area contributed by atoms with Gasteiger partial charge in [-0.2, -0.15) is 0 Å². The van der Waals surface area contributed by atoms with E-state index in [1.165, 1.54) is 5.56 Å². The maximum absolute atomic E-state index is 9.79. The molecule has 0 aromatic heterocycles. The van der Waals surface area contributed by atoms with Crippen LogP contribution in [-0.2, 0) is 11.3 Å². The number of hydrogen-bond acceptors (Lipinski definition) is 3. The van der Waals surface area contributed by atoms with Crippen molar-refractivity contribution in [1.82, 2.24) is 5.32 Å². The topological polar surface area (TPSA) is 41.5 Å². The summed E-state index contributed by atoms with van der Waals surface area (Å²) in [7, 11) is 1.69. The molecule has 0 aliphatic rings. The van der Waals surface area contributed by atoms with E-state index in [0.29, 0.717) is 18.9 Å². The summed E-state index contributed by atoms with van der Waals surface area (Å²) in [5.41, 5.74) is 3.26. The Morgan fingerprint density at radius 1 is 1.31 bits per heavy atom. The average Bonchev–Trinajstić information content (AvgIpc) is 2.22. The van der Waals surface area contributed by atoms with Gasteiger partial charge in [-0.25, -0.2) is 0 Å². The second kappa shape index (κ2) is 5.87. The number of methoxy groups -OCH3 is 1. The molecule has 1 atom stereocenters. The zero-order valence-electron chi connectivity index (χ0n) is 10.5. The lowest BCUT2D eigenvalue weighted by Crippen LogP contribution is -2.29. The summed E-state index contributed by atoms with van der Waals surface area (Å²) in [4.78, 5) is 0. The summed E-state index contributed by atoms with van der Waals surface area (Å²) in [5.74, 6) is 0.361. The molecule has 16 heavy (non-hydrogen) atoms. The molecule has 1 rings (SSSR count). The van der Waals surface area contributed by atoms with Crippen LogP contribution in [0.3, 0.4) is 0 Å². The molecule has 3 nitrogen and oxygen atoms in total. The molecule has 0 fully saturated rings. The van der Waals surface area contributed by atoms with E-state index in [1.807, 2.05) is 19.1 Å². The molecule has 0 heterocycles. The third-order valence-corrected chi connectivity index (χ3v) is 2.75. The SMILES string of the molecule is COCC(C)NCc1cc(C)c(C)cc1O. The fourth-order valence-electron chi connectivity index (χ4n) is 1.60. The maximum Gasteiger partial charge on any atom is 0.120 e. The lowest BCUT2D eigenvalue weighted by Gasteiger charge is -2.14. The van der Waals surface area contributed by atoms with Crippen molar-refractivity contribution in [3.63, 3.8) is 0 Å². The number of phenolic OH excluding ortho intramolecular Hbond substituents is 1. The van der Waals surface area contributed by atoms with Crippen molar-refractivity contribution in [2.45, 2.75) is 33.4 Å². The molecule has 0 bridgehead atoms. The van der Waals surface area contributed by atoms with Gasteiger partial charge in [0.05, 0.1) is 6.61 Å². The van der Waals surface area contributed by atoms with Crippen LogP contribution in [-0.4, -0.2) is 24.9 Å². The second-order valence-electron chi connectivity index (χ2n) is 4.30. The Balaban J connectivity index is 2.63. The molecule has 2 N–H and O–H groups in total. The highest BCUT2D eigenvalue weighted by Crippen LogP contribution is 2.21. The number of rotatable bonds is 5. The Labute approximate surface area is 97.4 Å². The van der Waals surface area contributed by atoms with Gasteiger partial charge in [-0.05, 0) is 38.0 Å². The van der Waals surface area contributed by atoms with E-state index >= 15 is 0 Å². The molecular weight excluding hydrogens is 202 g/mol. The fourth-order valence-corrected chi connectivity index (χ4v) is 1.60. The van der Waals surface area contributed by atoms with Crippen LogP contribution in [0.5, 0.6) is 5.75 Å². The summed E-state index contributed by atoms with van der Waals surface area (Å²) in [5, 5.41) is 13.1. The largest absolute Gasteiger partial charge is 0.508 e. The normalized spacial score (nSPS) is 12.8. The number of aromatic hydroxyl groups is 1. The van der Waals surface area contributed by atoms with Gasteiger partial charge in [-0.1, -0.05) is 6.07 Å². The van der Waals surface area contributed by atoms with Gasteiger partial charge in [0.15, 0.2) is 0 Å². The van der Waals surface area contributed by atoms with Crippen LogP contribution in [0, 0.1) is 13.8 Å². The van der Waals surface area contributed by atoms with Crippen LogP contribution in [0.25, 0.3) is 0 Å². The summed E-state index contributed by atoms with van der Waals surface area (Å²) in [6.07, 6.45) is 0. The number of aryl methyl sites for hydroxylation is 2. The first-order valence-corrected chi connectivity index (χ1v) is 5.56. The van der Waals surface area contributed by atoms with Gasteiger partial charge in [0.1, 0.15) is 5.75 Å². The van der Waals surface area contributed by atoms with E-state index in [0.717, 1.165) is 11.1 Å². The van der Waals surface area contributed by atoms with Crippen molar-refractivity contribution in [3.8, 4) is 5.75 Å². The molecule has 1 aromatic rings. The predicted molar refractivity (Wildman–Crippen MR) is 65.8 cm³/mol. The zero-order chi connectivity index (χ0) is 12.1. The Bertz CT molecular complexity index is 350. The van der Waals surface area contributed by atoms with Gasteiger partial charge in [-0.3, -0.25) is 0 Å². The van der Waals surface area contributed by atoms with Gasteiger partial charge in [0.25, 0.3) is 0 Å². The highest BCUT2D eigenvalue weighted by atomic mass is 16.5. The third-order valence-electron chi connectivity index (χ3n) is 2.75. The van der Waals surface area contributed by atoms with E-state index in [1.54, 1.807) is 7.11 Å². The van der Waals surface area contributed by atoms with Gasteiger partial charge < -0.3 is 15.2 Å². The Morgan fingerprint density at radius 2 is 1.94 bits per heavy atom. The molecule has 1 unspecified atom stereocenters. The first kappa shape index (κ1) is 13.0. The quantitative estimate of drug-likeness (QED) is 0.803. The summed E-state index contributed by atoms with van der Waals surface area (Å²) >= 11 is 0. The molecule has 0 saturated heterocycles. The standard InChI is InChI=1S/C13H21NO2/c1-9-5-12(13(15)6-10(9)2)7-14-11(3)8-16-4/h5-6,11,14-15H,7-8H2,1-4H3. The summed E-state index contributed by atoms with van der Waals surface area (Å²) < 4.78 is 5.04. The van der Waals surface area contributed by atoms with Crippen LogP contribution >= 0.6 is 0 Å². The monoisotopic (exact) mass is 223 g/mol. The maximum atomic E-state index is 9.79. The van der Waals surface area contributed by atoms with Gasteiger partial charge in [0, 0.05) is 25.3 Å². The van der Waals surface area contributed by atoms with Crippen LogP contribution in [0.1, 0.15) is 23.6 Å². The highest BCUT2D eigenvalue weighted by Gasteiger charge is 2.06. The molecular formula is C13H21NO2.